The summed E-state index contributed by atoms with van der Waals surface area (Å²) >= 11 is 0. The molecule has 0 aliphatic carbocycles. The van der Waals surface area contributed by atoms with Gasteiger partial charge in [-0.1, -0.05) is 6.07 Å². The first kappa shape index (κ1) is 15.3. The molecule has 0 unspecified atom stereocenters. The first-order valence-electron chi connectivity index (χ1n) is 7.08. The van der Waals surface area contributed by atoms with Crippen molar-refractivity contribution in [3.8, 4) is 0 Å². The minimum absolute atomic E-state index is 0.0560. The third-order valence-electron chi connectivity index (χ3n) is 3.66. The fourth-order valence-corrected chi connectivity index (χ4v) is 2.35. The molecule has 0 bridgehead atoms. The molecule has 0 aromatic heterocycles. The number of nitrogen functional groups attached to an aromatic ring is 1. The molecule has 114 valence electrons. The minimum Gasteiger partial charge on any atom is -0.399 e. The third-order valence-corrected chi connectivity index (χ3v) is 3.66. The molecule has 1 aromatic carbocycles. The Balaban J connectivity index is 1.95. The summed E-state index contributed by atoms with van der Waals surface area (Å²) in [6, 6.07) is 5.41. The third kappa shape index (κ3) is 4.19. The molecular formula is C15H22N4O2. The number of rotatable bonds is 3. The number of nitrogens with one attached hydrogen (secondary N) is 1. The molecule has 1 aliphatic rings. The largest absolute Gasteiger partial charge is 0.399 e. The van der Waals surface area contributed by atoms with Crippen molar-refractivity contribution >= 4 is 23.2 Å². The maximum absolute atomic E-state index is 12.1. The van der Waals surface area contributed by atoms with Crippen molar-refractivity contribution in [1.29, 1.82) is 0 Å². The zero-order chi connectivity index (χ0) is 15.4. The molecule has 3 N–H and O–H groups in total. The zero-order valence-corrected chi connectivity index (χ0v) is 12.6. The van der Waals surface area contributed by atoms with Crippen LogP contribution in [0.5, 0.6) is 0 Å². The molecule has 1 heterocycles. The topological polar surface area (TPSA) is 78.7 Å². The van der Waals surface area contributed by atoms with E-state index in [1.54, 1.807) is 24.1 Å². The zero-order valence-electron chi connectivity index (χ0n) is 12.6. The predicted molar refractivity (Wildman–Crippen MR) is 82.9 cm³/mol. The first-order valence-corrected chi connectivity index (χ1v) is 7.08. The van der Waals surface area contributed by atoms with Gasteiger partial charge in [0.15, 0.2) is 0 Å². The van der Waals surface area contributed by atoms with Gasteiger partial charge in [0.05, 0.1) is 13.1 Å². The van der Waals surface area contributed by atoms with Crippen molar-refractivity contribution in [2.75, 3.05) is 44.3 Å². The summed E-state index contributed by atoms with van der Waals surface area (Å²) in [6.07, 6.45) is 0.882. The molecule has 6 heteroatoms. The molecule has 1 aromatic rings. The smallest absolute Gasteiger partial charge is 0.238 e. The number of likely N-dealkylation sites (N-methyl/N-ethyl adjacent to an activating group) is 1. The van der Waals surface area contributed by atoms with Gasteiger partial charge in [-0.3, -0.25) is 14.5 Å². The quantitative estimate of drug-likeness (QED) is 0.802. The number of benzene rings is 1. The van der Waals surface area contributed by atoms with Gasteiger partial charge in [0.1, 0.15) is 0 Å². The van der Waals surface area contributed by atoms with Gasteiger partial charge in [-0.05, 0) is 31.0 Å². The molecule has 1 saturated heterocycles. The summed E-state index contributed by atoms with van der Waals surface area (Å²) in [5, 5.41) is 2.86. The molecule has 1 aliphatic heterocycles. The molecular weight excluding hydrogens is 268 g/mol. The standard InChI is InChI=1S/C15H22N4O2/c1-11-4-5-12(16)8-13(11)17-14(20)9-19-7-3-6-18(2)15(21)10-19/h4-5,8H,3,6-7,9-10,16H2,1-2H3,(H,17,20). The molecule has 1 fully saturated rings. The normalized spacial score (nSPS) is 16.7. The number of carbonyl (C=O) groups excluding carboxylic acids is 2. The molecule has 2 amide bonds. The van der Waals surface area contributed by atoms with Gasteiger partial charge in [-0.25, -0.2) is 0 Å². The second-order valence-corrected chi connectivity index (χ2v) is 5.50. The summed E-state index contributed by atoms with van der Waals surface area (Å²) < 4.78 is 0. The maximum atomic E-state index is 12.1. The van der Waals surface area contributed by atoms with Crippen LogP contribution in [-0.4, -0.2) is 54.8 Å². The van der Waals surface area contributed by atoms with Crippen LogP contribution < -0.4 is 11.1 Å². The van der Waals surface area contributed by atoms with Crippen molar-refractivity contribution in [2.45, 2.75) is 13.3 Å². The lowest BCUT2D eigenvalue weighted by Crippen LogP contribution is -2.38. The van der Waals surface area contributed by atoms with Crippen LogP contribution in [-0.2, 0) is 9.59 Å². The number of aryl methyl sites for hydroxylation is 1. The summed E-state index contributed by atoms with van der Waals surface area (Å²) in [5.74, 6) is -0.0681. The lowest BCUT2D eigenvalue weighted by molar-refractivity contribution is -0.130. The van der Waals surface area contributed by atoms with Gasteiger partial charge in [-0.2, -0.15) is 0 Å². The highest BCUT2D eigenvalue weighted by molar-refractivity contribution is 5.93. The van der Waals surface area contributed by atoms with Crippen LogP contribution in [0.4, 0.5) is 11.4 Å². The van der Waals surface area contributed by atoms with Crippen molar-refractivity contribution in [1.82, 2.24) is 9.80 Å². The van der Waals surface area contributed by atoms with Gasteiger partial charge in [0, 0.05) is 31.5 Å². The number of nitrogens with zero attached hydrogens (tertiary/aromatic N) is 2. The predicted octanol–water partition coefficient (Wildman–Crippen LogP) is 0.680. The van der Waals surface area contributed by atoms with Crippen molar-refractivity contribution in [3.05, 3.63) is 23.8 Å². The van der Waals surface area contributed by atoms with E-state index in [0.717, 1.165) is 30.8 Å². The highest BCUT2D eigenvalue weighted by atomic mass is 16.2. The monoisotopic (exact) mass is 290 g/mol. The molecule has 2 rings (SSSR count). The van der Waals surface area contributed by atoms with Crippen molar-refractivity contribution in [3.63, 3.8) is 0 Å². The number of amides is 2. The minimum atomic E-state index is -0.124. The van der Waals surface area contributed by atoms with Crippen LogP contribution in [0, 0.1) is 6.92 Å². The van der Waals surface area contributed by atoms with Gasteiger partial charge in [0.25, 0.3) is 0 Å². The molecule has 0 spiro atoms. The number of carbonyl (C=O) groups is 2. The van der Waals surface area contributed by atoms with Gasteiger partial charge < -0.3 is 16.0 Å². The van der Waals surface area contributed by atoms with Crippen molar-refractivity contribution in [2.24, 2.45) is 0 Å². The number of hydrogen-bond donors (Lipinski definition) is 2. The van der Waals surface area contributed by atoms with Crippen LogP contribution in [0.3, 0.4) is 0 Å². The highest BCUT2D eigenvalue weighted by Crippen LogP contribution is 2.18. The van der Waals surface area contributed by atoms with Crippen LogP contribution in [0.15, 0.2) is 18.2 Å². The van der Waals surface area contributed by atoms with Crippen LogP contribution in [0.2, 0.25) is 0 Å². The lowest BCUT2D eigenvalue weighted by atomic mass is 10.2. The first-order chi connectivity index (χ1) is 9.95. The number of nitrogens with two attached hydrogens (primary N) is 1. The number of hydrogen-bond acceptors (Lipinski definition) is 4. The van der Waals surface area contributed by atoms with E-state index < -0.39 is 0 Å². The fourth-order valence-electron chi connectivity index (χ4n) is 2.35. The molecule has 0 saturated carbocycles. The van der Waals surface area contributed by atoms with E-state index in [0.29, 0.717) is 12.2 Å². The average Bonchev–Trinajstić information content (AvgIpc) is 2.56. The van der Waals surface area contributed by atoms with E-state index in [9.17, 15) is 9.59 Å². The Kier molecular flexibility index (Phi) is 4.80. The Hall–Kier alpha value is -2.08. The lowest BCUT2D eigenvalue weighted by Gasteiger charge is -2.19. The second-order valence-electron chi connectivity index (χ2n) is 5.50. The summed E-state index contributed by atoms with van der Waals surface area (Å²) in [6.45, 7) is 3.91. The van der Waals surface area contributed by atoms with Gasteiger partial charge >= 0.3 is 0 Å². The van der Waals surface area contributed by atoms with Crippen molar-refractivity contribution < 1.29 is 9.59 Å². The molecule has 0 atom stereocenters. The summed E-state index contributed by atoms with van der Waals surface area (Å²) in [7, 11) is 1.79. The van der Waals surface area contributed by atoms with E-state index in [2.05, 4.69) is 5.32 Å². The SMILES string of the molecule is Cc1ccc(N)cc1NC(=O)CN1CCCN(C)C(=O)C1. The summed E-state index contributed by atoms with van der Waals surface area (Å²) in [5.41, 5.74) is 8.03. The highest BCUT2D eigenvalue weighted by Gasteiger charge is 2.20. The van der Waals surface area contributed by atoms with E-state index in [4.69, 9.17) is 5.73 Å². The van der Waals surface area contributed by atoms with E-state index in [1.807, 2.05) is 17.9 Å². The Morgan fingerprint density at radius 3 is 2.90 bits per heavy atom. The fraction of sp³-hybridized carbons (Fsp3) is 0.467. The Morgan fingerprint density at radius 1 is 1.38 bits per heavy atom. The average molecular weight is 290 g/mol. The summed E-state index contributed by atoms with van der Waals surface area (Å²) in [4.78, 5) is 27.5. The number of anilines is 2. The molecule has 6 nitrogen and oxygen atoms in total. The molecule has 0 radical (unpaired) electrons. The van der Waals surface area contributed by atoms with E-state index >= 15 is 0 Å². The van der Waals surface area contributed by atoms with Gasteiger partial charge in [-0.15, -0.1) is 0 Å². The van der Waals surface area contributed by atoms with Crippen LogP contribution in [0.25, 0.3) is 0 Å². The van der Waals surface area contributed by atoms with E-state index in [1.165, 1.54) is 0 Å². The van der Waals surface area contributed by atoms with E-state index in [-0.39, 0.29) is 18.4 Å². The maximum Gasteiger partial charge on any atom is 0.238 e. The molecule has 21 heavy (non-hydrogen) atoms. The van der Waals surface area contributed by atoms with Crippen LogP contribution in [0.1, 0.15) is 12.0 Å². The second kappa shape index (κ2) is 6.58. The van der Waals surface area contributed by atoms with Crippen LogP contribution >= 0.6 is 0 Å². The Bertz CT molecular complexity index is 544. The van der Waals surface area contributed by atoms with Gasteiger partial charge in [0.2, 0.25) is 11.8 Å². The Labute approximate surface area is 124 Å². The Morgan fingerprint density at radius 2 is 2.14 bits per heavy atom.